The standard InChI is InChI=1S/C16H14ClN3OS.ClH/c1-21-12-6-5-9(17)7-11(12)20-15-14-10-3-2-4-13(10)22-16(14)19-8-18-15;/h5-8H,2-4H2,1H3,(H,18,19,20);1H. The monoisotopic (exact) mass is 367 g/mol. The lowest BCUT2D eigenvalue weighted by Crippen LogP contribution is -1.98. The van der Waals surface area contributed by atoms with Crippen LogP contribution in [-0.2, 0) is 12.8 Å². The van der Waals surface area contributed by atoms with E-state index in [0.717, 1.165) is 40.3 Å². The van der Waals surface area contributed by atoms with Crippen LogP contribution in [0.25, 0.3) is 10.2 Å². The topological polar surface area (TPSA) is 47.0 Å². The molecule has 3 aromatic rings. The van der Waals surface area contributed by atoms with Crippen molar-refractivity contribution in [2.24, 2.45) is 0 Å². The molecule has 0 saturated carbocycles. The summed E-state index contributed by atoms with van der Waals surface area (Å²) in [6.45, 7) is 0. The zero-order valence-electron chi connectivity index (χ0n) is 12.4. The van der Waals surface area contributed by atoms with Crippen LogP contribution in [0.3, 0.4) is 0 Å². The Morgan fingerprint density at radius 1 is 1.26 bits per heavy atom. The highest BCUT2D eigenvalue weighted by atomic mass is 35.5. The molecule has 1 N–H and O–H groups in total. The van der Waals surface area contributed by atoms with Crippen molar-refractivity contribution in [1.82, 2.24) is 9.97 Å². The number of thiophene rings is 1. The molecule has 4 nitrogen and oxygen atoms in total. The highest BCUT2D eigenvalue weighted by Gasteiger charge is 2.21. The van der Waals surface area contributed by atoms with Gasteiger partial charge in [0.25, 0.3) is 0 Å². The molecule has 1 aliphatic rings. The van der Waals surface area contributed by atoms with E-state index in [0.29, 0.717) is 5.02 Å². The van der Waals surface area contributed by atoms with Gasteiger partial charge in [-0.25, -0.2) is 9.97 Å². The minimum atomic E-state index is 0. The predicted octanol–water partition coefficient (Wildman–Crippen LogP) is 5.01. The van der Waals surface area contributed by atoms with E-state index in [1.807, 2.05) is 18.2 Å². The van der Waals surface area contributed by atoms with Crippen molar-refractivity contribution in [1.29, 1.82) is 0 Å². The second-order valence-corrected chi connectivity index (χ2v) is 6.75. The van der Waals surface area contributed by atoms with Crippen LogP contribution < -0.4 is 10.1 Å². The lowest BCUT2D eigenvalue weighted by atomic mass is 10.2. The first-order valence-electron chi connectivity index (χ1n) is 7.12. The molecule has 2 heterocycles. The summed E-state index contributed by atoms with van der Waals surface area (Å²) in [6.07, 6.45) is 5.07. The van der Waals surface area contributed by atoms with Crippen molar-refractivity contribution in [2.75, 3.05) is 12.4 Å². The average Bonchev–Trinajstić information content (AvgIpc) is 3.08. The Balaban J connectivity index is 0.00000156. The maximum absolute atomic E-state index is 6.10. The van der Waals surface area contributed by atoms with Crippen LogP contribution in [0.15, 0.2) is 24.5 Å². The van der Waals surface area contributed by atoms with Gasteiger partial charge >= 0.3 is 0 Å². The number of hydrogen-bond donors (Lipinski definition) is 1. The molecule has 7 heteroatoms. The van der Waals surface area contributed by atoms with E-state index in [1.165, 1.54) is 16.9 Å². The largest absolute Gasteiger partial charge is 0.495 e. The summed E-state index contributed by atoms with van der Waals surface area (Å²) in [5.74, 6) is 1.56. The summed E-state index contributed by atoms with van der Waals surface area (Å²) in [7, 11) is 1.65. The number of nitrogens with one attached hydrogen (secondary N) is 1. The van der Waals surface area contributed by atoms with Crippen LogP contribution in [0, 0.1) is 0 Å². The third-order valence-corrected chi connectivity index (χ3v) is 5.35. The minimum absolute atomic E-state index is 0. The van der Waals surface area contributed by atoms with Crippen molar-refractivity contribution in [2.45, 2.75) is 19.3 Å². The third kappa shape index (κ3) is 2.84. The van der Waals surface area contributed by atoms with Crippen LogP contribution in [0.4, 0.5) is 11.5 Å². The number of ether oxygens (including phenoxy) is 1. The molecule has 1 aliphatic carbocycles. The van der Waals surface area contributed by atoms with Crippen molar-refractivity contribution in [3.63, 3.8) is 0 Å². The maximum atomic E-state index is 6.10. The quantitative estimate of drug-likeness (QED) is 0.706. The van der Waals surface area contributed by atoms with Gasteiger partial charge < -0.3 is 10.1 Å². The SMILES string of the molecule is COc1ccc(Cl)cc1Nc1ncnc2sc3c(c12)CCC3.Cl. The fourth-order valence-electron chi connectivity index (χ4n) is 2.93. The van der Waals surface area contributed by atoms with E-state index in [2.05, 4.69) is 15.3 Å². The first-order valence-corrected chi connectivity index (χ1v) is 8.31. The van der Waals surface area contributed by atoms with Gasteiger partial charge in [0.2, 0.25) is 0 Å². The molecule has 0 saturated heterocycles. The van der Waals surface area contributed by atoms with E-state index in [9.17, 15) is 0 Å². The Morgan fingerprint density at radius 3 is 2.96 bits per heavy atom. The maximum Gasteiger partial charge on any atom is 0.142 e. The number of hydrogen-bond acceptors (Lipinski definition) is 5. The number of anilines is 2. The normalized spacial score (nSPS) is 12.8. The predicted molar refractivity (Wildman–Crippen MR) is 98.0 cm³/mol. The molecule has 4 rings (SSSR count). The van der Waals surface area contributed by atoms with Crippen molar-refractivity contribution in [3.8, 4) is 5.75 Å². The molecule has 23 heavy (non-hydrogen) atoms. The van der Waals surface area contributed by atoms with Gasteiger partial charge in [0, 0.05) is 9.90 Å². The number of methoxy groups -OCH3 is 1. The molecule has 0 bridgehead atoms. The molecule has 2 aromatic heterocycles. The summed E-state index contributed by atoms with van der Waals surface area (Å²) < 4.78 is 5.40. The molecular weight excluding hydrogens is 353 g/mol. The average molecular weight is 368 g/mol. The molecule has 0 amide bonds. The summed E-state index contributed by atoms with van der Waals surface area (Å²) in [4.78, 5) is 11.3. The van der Waals surface area contributed by atoms with Crippen LogP contribution in [0.2, 0.25) is 5.02 Å². The molecule has 1 aromatic carbocycles. The Hall–Kier alpha value is -1.56. The highest BCUT2D eigenvalue weighted by molar-refractivity contribution is 7.19. The summed E-state index contributed by atoms with van der Waals surface area (Å²) >= 11 is 7.88. The smallest absolute Gasteiger partial charge is 0.142 e. The van der Waals surface area contributed by atoms with Crippen LogP contribution in [0.5, 0.6) is 5.75 Å². The number of halogens is 2. The van der Waals surface area contributed by atoms with Crippen molar-refractivity contribution in [3.05, 3.63) is 40.0 Å². The van der Waals surface area contributed by atoms with Gasteiger partial charge in [-0.15, -0.1) is 23.7 Å². The zero-order valence-corrected chi connectivity index (χ0v) is 14.8. The van der Waals surface area contributed by atoms with Gasteiger partial charge in [0.05, 0.1) is 18.2 Å². The fourth-order valence-corrected chi connectivity index (χ4v) is 4.33. The van der Waals surface area contributed by atoms with Crippen LogP contribution in [-0.4, -0.2) is 17.1 Å². The zero-order chi connectivity index (χ0) is 15.1. The van der Waals surface area contributed by atoms with Gasteiger partial charge in [0.1, 0.15) is 22.7 Å². The molecule has 0 radical (unpaired) electrons. The highest BCUT2D eigenvalue weighted by Crippen LogP contribution is 2.40. The van der Waals surface area contributed by atoms with E-state index >= 15 is 0 Å². The van der Waals surface area contributed by atoms with Gasteiger partial charge in [-0.3, -0.25) is 0 Å². The Bertz CT molecular complexity index is 866. The molecule has 0 aliphatic heterocycles. The lowest BCUT2D eigenvalue weighted by molar-refractivity contribution is 0.417. The van der Waals surface area contributed by atoms with Gasteiger partial charge in [-0.05, 0) is 43.0 Å². The Kier molecular flexibility index (Phi) is 4.62. The summed E-state index contributed by atoms with van der Waals surface area (Å²) in [6, 6.07) is 5.51. The number of aromatic nitrogens is 2. The Morgan fingerprint density at radius 2 is 2.13 bits per heavy atom. The minimum Gasteiger partial charge on any atom is -0.495 e. The molecule has 0 atom stereocenters. The van der Waals surface area contributed by atoms with Gasteiger partial charge in [-0.1, -0.05) is 11.6 Å². The van der Waals surface area contributed by atoms with E-state index in [4.69, 9.17) is 16.3 Å². The van der Waals surface area contributed by atoms with Crippen molar-refractivity contribution >= 4 is 57.1 Å². The number of nitrogens with zero attached hydrogens (tertiary/aromatic N) is 2. The molecular formula is C16H15Cl2N3OS. The first-order chi connectivity index (χ1) is 10.8. The molecule has 120 valence electrons. The van der Waals surface area contributed by atoms with Crippen LogP contribution >= 0.6 is 35.3 Å². The van der Waals surface area contributed by atoms with E-state index in [1.54, 1.807) is 24.8 Å². The van der Waals surface area contributed by atoms with Crippen LogP contribution in [0.1, 0.15) is 16.9 Å². The molecule has 0 fully saturated rings. The van der Waals surface area contributed by atoms with E-state index in [-0.39, 0.29) is 12.4 Å². The van der Waals surface area contributed by atoms with Crippen molar-refractivity contribution < 1.29 is 4.74 Å². The number of fused-ring (bicyclic) bond motifs is 3. The molecule has 0 unspecified atom stereocenters. The van der Waals surface area contributed by atoms with Gasteiger partial charge in [-0.2, -0.15) is 0 Å². The Labute approximate surface area is 149 Å². The molecule has 0 spiro atoms. The van der Waals surface area contributed by atoms with Gasteiger partial charge in [0.15, 0.2) is 0 Å². The van der Waals surface area contributed by atoms with E-state index < -0.39 is 0 Å². The number of benzene rings is 1. The summed E-state index contributed by atoms with van der Waals surface area (Å²) in [5.41, 5.74) is 2.21. The first kappa shape index (κ1) is 16.3. The number of rotatable bonds is 3. The lowest BCUT2D eigenvalue weighted by Gasteiger charge is -2.12. The third-order valence-electron chi connectivity index (χ3n) is 3.92. The number of aryl methyl sites for hydroxylation is 2. The second kappa shape index (κ2) is 6.51. The summed E-state index contributed by atoms with van der Waals surface area (Å²) in [5, 5.41) is 5.17. The fraction of sp³-hybridized carbons (Fsp3) is 0.250. The second-order valence-electron chi connectivity index (χ2n) is 5.23.